The van der Waals surface area contributed by atoms with Crippen LogP contribution in [0, 0.1) is 0 Å². The molecule has 0 saturated carbocycles. The van der Waals surface area contributed by atoms with Gasteiger partial charge in [0.15, 0.2) is 0 Å². The molecule has 0 aliphatic carbocycles. The fourth-order valence-corrected chi connectivity index (χ4v) is 2.65. The fraction of sp³-hybridized carbons (Fsp3) is 0.278. The van der Waals surface area contributed by atoms with Gasteiger partial charge in [-0.05, 0) is 50.0 Å². The zero-order valence-corrected chi connectivity index (χ0v) is 15.1. The van der Waals surface area contributed by atoms with E-state index in [-0.39, 0.29) is 11.8 Å². The minimum Gasteiger partial charge on any atom is -0.507 e. The van der Waals surface area contributed by atoms with Crippen molar-refractivity contribution in [2.75, 3.05) is 27.7 Å². The first-order chi connectivity index (χ1) is 11.0. The maximum Gasteiger partial charge on any atom is 0.124 e. The van der Waals surface area contributed by atoms with Crippen LogP contribution in [0.5, 0.6) is 11.5 Å². The summed E-state index contributed by atoms with van der Waals surface area (Å²) < 4.78 is 6.11. The second-order valence-electron chi connectivity index (χ2n) is 5.45. The predicted molar refractivity (Wildman–Crippen MR) is 97.7 cm³/mol. The Morgan fingerprint density at radius 2 is 1.91 bits per heavy atom. The van der Waals surface area contributed by atoms with Crippen molar-refractivity contribution in [3.8, 4) is 11.5 Å². The van der Waals surface area contributed by atoms with Crippen LogP contribution in [0.2, 0.25) is 0 Å². The number of ether oxygens (including phenoxy) is 1. The van der Waals surface area contributed by atoms with E-state index in [4.69, 9.17) is 4.74 Å². The molecule has 4 nitrogen and oxygen atoms in total. The van der Waals surface area contributed by atoms with E-state index in [2.05, 4.69) is 38.0 Å². The molecule has 2 aromatic carbocycles. The Hall–Kier alpha value is -1.85. The molecule has 0 aliphatic rings. The maximum absolute atomic E-state index is 9.85. The van der Waals surface area contributed by atoms with Gasteiger partial charge in [0.2, 0.25) is 0 Å². The van der Waals surface area contributed by atoms with E-state index in [1.165, 1.54) is 5.56 Å². The largest absolute Gasteiger partial charge is 0.507 e. The Labute approximate surface area is 145 Å². The van der Waals surface area contributed by atoms with Crippen LogP contribution in [-0.2, 0) is 0 Å². The lowest BCUT2D eigenvalue weighted by Crippen LogP contribution is -2.22. The molecule has 0 amide bonds. The van der Waals surface area contributed by atoms with Gasteiger partial charge in [0.05, 0.1) is 19.7 Å². The van der Waals surface area contributed by atoms with E-state index >= 15 is 0 Å². The molecule has 0 fully saturated rings. The standard InChI is InChI=1S/C18H21BrN2O2/c1-21(2)17(13-4-7-16(23-3)8-5-13)12-20-11-14-10-15(19)6-9-18(14)22/h4-11,17,22H,12H2,1-3H3/t17-/m1/s1. The van der Waals surface area contributed by atoms with Crippen molar-refractivity contribution in [1.29, 1.82) is 0 Å². The molecule has 2 rings (SSSR count). The highest BCUT2D eigenvalue weighted by molar-refractivity contribution is 9.10. The van der Waals surface area contributed by atoms with Gasteiger partial charge in [0.25, 0.3) is 0 Å². The number of rotatable bonds is 6. The quantitative estimate of drug-likeness (QED) is 0.777. The number of aliphatic imine (C=N–C) groups is 1. The van der Waals surface area contributed by atoms with E-state index in [9.17, 15) is 5.11 Å². The summed E-state index contributed by atoms with van der Waals surface area (Å²) in [7, 11) is 5.72. The third kappa shape index (κ3) is 4.81. The lowest BCUT2D eigenvalue weighted by Gasteiger charge is -2.23. The number of phenols is 1. The monoisotopic (exact) mass is 376 g/mol. The molecule has 23 heavy (non-hydrogen) atoms. The van der Waals surface area contributed by atoms with Crippen LogP contribution < -0.4 is 4.74 Å². The van der Waals surface area contributed by atoms with Crippen molar-refractivity contribution >= 4 is 22.1 Å². The first-order valence-corrected chi connectivity index (χ1v) is 8.09. The van der Waals surface area contributed by atoms with E-state index in [1.54, 1.807) is 25.5 Å². The zero-order valence-electron chi connectivity index (χ0n) is 13.5. The van der Waals surface area contributed by atoms with Gasteiger partial charge in [0, 0.05) is 16.3 Å². The Kier molecular flexibility index (Phi) is 6.19. The summed E-state index contributed by atoms with van der Waals surface area (Å²) in [6, 6.07) is 13.5. The molecule has 0 bridgehead atoms. The number of nitrogens with zero attached hydrogens (tertiary/aromatic N) is 2. The summed E-state index contributed by atoms with van der Waals surface area (Å²) in [5.74, 6) is 1.07. The lowest BCUT2D eigenvalue weighted by molar-refractivity contribution is 0.306. The average molecular weight is 377 g/mol. The van der Waals surface area contributed by atoms with E-state index in [1.807, 2.05) is 32.3 Å². The van der Waals surface area contributed by atoms with Gasteiger partial charge in [-0.2, -0.15) is 0 Å². The molecule has 0 heterocycles. The second kappa shape index (κ2) is 8.13. The van der Waals surface area contributed by atoms with Crippen molar-refractivity contribution in [3.05, 3.63) is 58.1 Å². The minimum atomic E-state index is 0.159. The van der Waals surface area contributed by atoms with Crippen molar-refractivity contribution in [3.63, 3.8) is 0 Å². The molecular formula is C18H21BrN2O2. The van der Waals surface area contributed by atoms with E-state index < -0.39 is 0 Å². The lowest BCUT2D eigenvalue weighted by atomic mass is 10.1. The Morgan fingerprint density at radius 1 is 1.22 bits per heavy atom. The molecule has 0 aromatic heterocycles. The maximum atomic E-state index is 9.85. The number of methoxy groups -OCH3 is 1. The van der Waals surface area contributed by atoms with Crippen LogP contribution in [0.3, 0.4) is 0 Å². The zero-order chi connectivity index (χ0) is 16.8. The number of aromatic hydroxyl groups is 1. The first kappa shape index (κ1) is 17.5. The summed E-state index contributed by atoms with van der Waals surface area (Å²) >= 11 is 3.40. The topological polar surface area (TPSA) is 45.1 Å². The number of hydrogen-bond acceptors (Lipinski definition) is 4. The van der Waals surface area contributed by atoms with Crippen LogP contribution >= 0.6 is 15.9 Å². The Morgan fingerprint density at radius 3 is 2.52 bits per heavy atom. The summed E-state index contributed by atoms with van der Waals surface area (Å²) in [5, 5.41) is 9.85. The second-order valence-corrected chi connectivity index (χ2v) is 6.37. The SMILES string of the molecule is COc1ccc([C@@H](CN=Cc2cc(Br)ccc2O)N(C)C)cc1. The number of hydrogen-bond donors (Lipinski definition) is 1. The van der Waals surface area contributed by atoms with Crippen LogP contribution in [0.15, 0.2) is 51.9 Å². The molecule has 0 radical (unpaired) electrons. The van der Waals surface area contributed by atoms with Crippen LogP contribution in [0.1, 0.15) is 17.2 Å². The summed E-state index contributed by atoms with van der Waals surface area (Å²) in [5.41, 5.74) is 1.87. The predicted octanol–water partition coefficient (Wildman–Crippen LogP) is 3.89. The third-order valence-electron chi connectivity index (χ3n) is 3.62. The molecule has 122 valence electrons. The molecule has 2 aromatic rings. The smallest absolute Gasteiger partial charge is 0.124 e. The van der Waals surface area contributed by atoms with Gasteiger partial charge >= 0.3 is 0 Å². The molecule has 0 aliphatic heterocycles. The summed E-state index contributed by atoms with van der Waals surface area (Å²) in [6.45, 7) is 0.602. The van der Waals surface area contributed by atoms with Gasteiger partial charge in [-0.1, -0.05) is 28.1 Å². The van der Waals surface area contributed by atoms with E-state index in [0.717, 1.165) is 10.2 Å². The van der Waals surface area contributed by atoms with Gasteiger partial charge in [-0.25, -0.2) is 0 Å². The third-order valence-corrected chi connectivity index (χ3v) is 4.12. The fourth-order valence-electron chi connectivity index (χ4n) is 2.27. The highest BCUT2D eigenvalue weighted by atomic mass is 79.9. The van der Waals surface area contributed by atoms with Crippen LogP contribution in [0.25, 0.3) is 0 Å². The normalized spacial score (nSPS) is 12.7. The first-order valence-electron chi connectivity index (χ1n) is 7.30. The minimum absolute atomic E-state index is 0.159. The van der Waals surface area contributed by atoms with Crippen molar-refractivity contribution < 1.29 is 9.84 Å². The molecule has 0 spiro atoms. The van der Waals surface area contributed by atoms with E-state index in [0.29, 0.717) is 12.1 Å². The molecule has 1 N–H and O–H groups in total. The van der Waals surface area contributed by atoms with Gasteiger partial charge < -0.3 is 14.7 Å². The highest BCUT2D eigenvalue weighted by Gasteiger charge is 2.13. The van der Waals surface area contributed by atoms with Crippen molar-refractivity contribution in [1.82, 2.24) is 4.90 Å². The number of benzene rings is 2. The van der Waals surface area contributed by atoms with Crippen LogP contribution in [0.4, 0.5) is 0 Å². The molecule has 0 unspecified atom stereocenters. The molecular weight excluding hydrogens is 356 g/mol. The van der Waals surface area contributed by atoms with Gasteiger partial charge in [0.1, 0.15) is 11.5 Å². The molecule has 0 saturated heterocycles. The van der Waals surface area contributed by atoms with Gasteiger partial charge in [-0.15, -0.1) is 0 Å². The summed E-state index contributed by atoms with van der Waals surface area (Å²) in [4.78, 5) is 6.63. The van der Waals surface area contributed by atoms with Crippen molar-refractivity contribution in [2.24, 2.45) is 4.99 Å². The number of halogens is 1. The average Bonchev–Trinajstić information content (AvgIpc) is 2.54. The molecule has 1 atom stereocenters. The Bertz CT molecular complexity index is 669. The number of likely N-dealkylation sites (N-methyl/N-ethyl adjacent to an activating group) is 1. The molecule has 5 heteroatoms. The van der Waals surface area contributed by atoms with Crippen LogP contribution in [-0.4, -0.2) is 44.0 Å². The number of phenolic OH excluding ortho intramolecular Hbond substituents is 1. The van der Waals surface area contributed by atoms with Gasteiger partial charge in [-0.3, -0.25) is 4.99 Å². The Balaban J connectivity index is 2.13. The van der Waals surface area contributed by atoms with Crippen molar-refractivity contribution in [2.45, 2.75) is 6.04 Å². The summed E-state index contributed by atoms with van der Waals surface area (Å²) in [6.07, 6.45) is 1.71. The highest BCUT2D eigenvalue weighted by Crippen LogP contribution is 2.23.